The minimum Gasteiger partial charge on any atom is -0.456 e. The number of benzene rings is 17. The lowest BCUT2D eigenvalue weighted by Crippen LogP contribution is -2.00. The maximum atomic E-state index is 6.77. The zero-order valence-electron chi connectivity index (χ0n) is 65.4. The van der Waals surface area contributed by atoms with E-state index in [0.29, 0.717) is 34.9 Å². The van der Waals surface area contributed by atoms with Gasteiger partial charge in [0.05, 0.1) is 22.4 Å². The number of nitrogens with zero attached hydrogens (tertiary/aromatic N) is 8. The fraction of sp³-hybridized carbons (Fsp3) is 0. The Labute approximate surface area is 714 Å². The molecule has 0 saturated carbocycles. The number of pyridine rings is 2. The summed E-state index contributed by atoms with van der Waals surface area (Å²) in [5.74, 6) is 3.72. The number of aromatic nitrogens is 8. The highest BCUT2D eigenvalue weighted by atomic mass is 32.1. The van der Waals surface area contributed by atoms with Crippen LogP contribution in [0.1, 0.15) is 0 Å². The molecule has 0 N–H and O–H groups in total. The first-order chi connectivity index (χ1) is 60.9. The molecule has 123 heavy (non-hydrogen) atoms. The van der Waals surface area contributed by atoms with Crippen LogP contribution in [0.2, 0.25) is 0 Å². The molecule has 0 fully saturated rings. The molecule has 0 radical (unpaired) electrons. The highest BCUT2D eigenvalue weighted by molar-refractivity contribution is 7.27. The van der Waals surface area contributed by atoms with Gasteiger partial charge < -0.3 is 8.83 Å². The molecule has 9 aromatic heterocycles. The second-order valence-electron chi connectivity index (χ2n) is 31.0. The first-order valence-corrected chi connectivity index (χ1v) is 43.4. The largest absolute Gasteiger partial charge is 0.456 e. The summed E-state index contributed by atoms with van der Waals surface area (Å²) in [6.07, 6.45) is 0. The third-order valence-corrected chi connectivity index (χ3v) is 27.5. The molecule has 0 aliphatic heterocycles. The van der Waals surface area contributed by atoms with Crippen LogP contribution < -0.4 is 0 Å². The summed E-state index contributed by atoms with van der Waals surface area (Å²) in [5, 5.41) is 18.6. The molecule has 0 bridgehead atoms. The quantitative estimate of drug-likeness (QED) is 0.122. The Morgan fingerprint density at radius 1 is 0.179 bits per heavy atom. The van der Waals surface area contributed by atoms with Gasteiger partial charge in [-0.05, 0) is 90.0 Å². The minimum absolute atomic E-state index is 0.571. The number of thiophene rings is 3. The van der Waals surface area contributed by atoms with E-state index in [1.54, 1.807) is 22.7 Å². The van der Waals surface area contributed by atoms with E-state index in [0.717, 1.165) is 154 Å². The van der Waals surface area contributed by atoms with Gasteiger partial charge in [0.25, 0.3) is 0 Å². The molecule has 0 aliphatic carbocycles. The predicted molar refractivity (Wildman–Crippen MR) is 513 cm³/mol. The van der Waals surface area contributed by atoms with E-state index in [1.165, 1.54) is 71.5 Å². The van der Waals surface area contributed by atoms with Crippen LogP contribution in [0.25, 0.3) is 261 Å². The predicted octanol–water partition coefficient (Wildman–Crippen LogP) is 30.7. The highest BCUT2D eigenvalue weighted by Crippen LogP contribution is 2.51. The average molecular weight is 1620 g/mol. The van der Waals surface area contributed by atoms with Crippen LogP contribution in [-0.2, 0) is 0 Å². The van der Waals surface area contributed by atoms with Crippen molar-refractivity contribution in [1.82, 2.24) is 39.9 Å². The number of para-hydroxylation sites is 4. The van der Waals surface area contributed by atoms with Crippen LogP contribution in [0.3, 0.4) is 0 Å². The zero-order chi connectivity index (χ0) is 80.7. The summed E-state index contributed by atoms with van der Waals surface area (Å²) in [4.78, 5) is 41.7. The summed E-state index contributed by atoms with van der Waals surface area (Å²) in [6, 6.07) is 131. The molecule has 0 saturated heterocycles. The lowest BCUT2D eigenvalue weighted by Gasteiger charge is -2.15. The van der Waals surface area contributed by atoms with Gasteiger partial charge in [0, 0.05) is 170 Å². The lowest BCUT2D eigenvalue weighted by molar-refractivity contribution is 0.669. The second-order valence-corrected chi connectivity index (χ2v) is 34.1. The maximum Gasteiger partial charge on any atom is 0.165 e. The van der Waals surface area contributed by atoms with Gasteiger partial charge in [-0.2, -0.15) is 0 Å². The molecule has 0 aliphatic rings. The number of rotatable bonds is 10. The van der Waals surface area contributed by atoms with Gasteiger partial charge in [-0.15, -0.1) is 34.0 Å². The standard InChI is InChI=1S/C58H32N4S3.C52H30N4O2/c1-2-14-34(15-3-1)52-45-32-44(55-51(41-19-7-11-27-49(41)65-55)50(45)40-18-4-8-24-46(40)59-52)33-28-30-35(31-29-33)56-60-57(42-22-12-20-38-36-16-5-9-25-47(36)63-53(38)42)62-58(61-56)43-23-13-21-39-37-17-6-10-26-48(37)64-54(39)43;1-3-13-32(14-4-1)48-41-30-40(49-47(39-19-9-12-22-44(39)58-49)46(41)38-18-7-10-20-42(38)53-48)31-23-25-34(26-24-31)51-54-50(33-15-5-2-6-16-33)55-52(56-51)35-27-28-37-36-17-8-11-21-43(36)57-45(37)29-35/h1-32H;1-30H. The molecule has 572 valence electrons. The average Bonchev–Trinajstić information content (AvgIpc) is 1.65. The van der Waals surface area contributed by atoms with Crippen molar-refractivity contribution >= 4 is 182 Å². The third kappa shape index (κ3) is 11.7. The molecule has 17 aromatic carbocycles. The van der Waals surface area contributed by atoms with Gasteiger partial charge in [0.1, 0.15) is 22.3 Å². The third-order valence-electron chi connectivity index (χ3n) is 23.9. The molecule has 0 spiro atoms. The van der Waals surface area contributed by atoms with Crippen molar-refractivity contribution in [1.29, 1.82) is 0 Å². The Morgan fingerprint density at radius 2 is 0.545 bits per heavy atom. The van der Waals surface area contributed by atoms with E-state index in [-0.39, 0.29) is 0 Å². The van der Waals surface area contributed by atoms with Crippen LogP contribution in [0.15, 0.2) is 385 Å². The number of furan rings is 2. The van der Waals surface area contributed by atoms with Crippen molar-refractivity contribution in [3.63, 3.8) is 0 Å². The molecule has 26 rings (SSSR count). The Kier molecular flexibility index (Phi) is 16.3. The molecule has 26 aromatic rings. The van der Waals surface area contributed by atoms with Crippen LogP contribution >= 0.6 is 34.0 Å². The van der Waals surface area contributed by atoms with Crippen LogP contribution in [0.5, 0.6) is 0 Å². The summed E-state index contributed by atoms with van der Waals surface area (Å²) in [5.41, 5.74) is 19.2. The van der Waals surface area contributed by atoms with Crippen LogP contribution in [0, 0.1) is 0 Å². The monoisotopic (exact) mass is 1620 g/mol. The van der Waals surface area contributed by atoms with Gasteiger partial charge in [-0.3, -0.25) is 0 Å². The number of hydrogen-bond donors (Lipinski definition) is 0. The Balaban J connectivity index is 0.000000136. The first-order valence-electron chi connectivity index (χ1n) is 40.9. The van der Waals surface area contributed by atoms with E-state index in [2.05, 4.69) is 297 Å². The van der Waals surface area contributed by atoms with E-state index in [9.17, 15) is 0 Å². The smallest absolute Gasteiger partial charge is 0.165 e. The number of hydrogen-bond acceptors (Lipinski definition) is 13. The molecular formula is C110H62N8O2S3. The van der Waals surface area contributed by atoms with Crippen molar-refractivity contribution in [2.75, 3.05) is 0 Å². The van der Waals surface area contributed by atoms with Gasteiger partial charge in [0.2, 0.25) is 0 Å². The molecule has 0 atom stereocenters. The summed E-state index contributed by atoms with van der Waals surface area (Å²) in [7, 11) is 0. The SMILES string of the molecule is c1ccc(-c2nc(-c3ccc(-c4cc5c(-c6ccccc6)nc6ccccc6c5c5c4oc4ccccc45)cc3)nc(-c3ccc4c(c3)oc3ccccc34)n2)cc1.c1ccc(-c2nc3ccccc3c3c2cc(-c2ccc(-c4nc(-c5cccc6c5sc5ccccc56)nc(-c5cccc6c5sc5ccccc56)n4)cc2)c2sc4ccccc4c23)cc1. The van der Waals surface area contributed by atoms with E-state index < -0.39 is 0 Å². The van der Waals surface area contributed by atoms with Gasteiger partial charge in [0.15, 0.2) is 34.9 Å². The van der Waals surface area contributed by atoms with Crippen LogP contribution in [-0.4, -0.2) is 39.9 Å². The minimum atomic E-state index is 0.571. The normalized spacial score (nSPS) is 11.9. The Bertz CT molecular complexity index is 8690. The molecule has 0 amide bonds. The Morgan fingerprint density at radius 3 is 1.10 bits per heavy atom. The van der Waals surface area contributed by atoms with Gasteiger partial charge in [-0.25, -0.2) is 39.9 Å². The second kappa shape index (κ2) is 28.5. The molecule has 10 nitrogen and oxygen atoms in total. The van der Waals surface area contributed by atoms with Crippen molar-refractivity contribution in [2.24, 2.45) is 0 Å². The summed E-state index contributed by atoms with van der Waals surface area (Å²) >= 11 is 5.45. The van der Waals surface area contributed by atoms with Crippen molar-refractivity contribution in [2.45, 2.75) is 0 Å². The maximum absolute atomic E-state index is 6.77. The van der Waals surface area contributed by atoms with E-state index in [1.807, 2.05) is 90.2 Å². The fourth-order valence-corrected chi connectivity index (χ4v) is 21.8. The van der Waals surface area contributed by atoms with Crippen LogP contribution in [0.4, 0.5) is 0 Å². The number of fused-ring (bicyclic) bond motifs is 23. The molecular weight excluding hydrogens is 1560 g/mol. The Hall–Kier alpha value is -15.6. The fourth-order valence-electron chi connectivity index (χ4n) is 18.1. The van der Waals surface area contributed by atoms with E-state index >= 15 is 0 Å². The van der Waals surface area contributed by atoms with Gasteiger partial charge in [-0.1, -0.05) is 297 Å². The van der Waals surface area contributed by atoms with E-state index in [4.69, 9.17) is 48.7 Å². The lowest BCUT2D eigenvalue weighted by atomic mass is 9.91. The highest BCUT2D eigenvalue weighted by Gasteiger charge is 2.27. The molecule has 9 heterocycles. The molecule has 13 heteroatoms. The van der Waals surface area contributed by atoms with Gasteiger partial charge >= 0.3 is 0 Å². The van der Waals surface area contributed by atoms with Crippen molar-refractivity contribution in [3.8, 4) is 113 Å². The summed E-state index contributed by atoms with van der Waals surface area (Å²) < 4.78 is 20.4. The zero-order valence-corrected chi connectivity index (χ0v) is 67.9. The first kappa shape index (κ1) is 70.4. The molecule has 0 unspecified atom stereocenters. The topological polar surface area (TPSA) is 129 Å². The van der Waals surface area contributed by atoms with Crippen molar-refractivity contribution < 1.29 is 8.83 Å². The van der Waals surface area contributed by atoms with Crippen molar-refractivity contribution in [3.05, 3.63) is 376 Å². The summed E-state index contributed by atoms with van der Waals surface area (Å²) in [6.45, 7) is 0.